The summed E-state index contributed by atoms with van der Waals surface area (Å²) < 4.78 is 17.4. The average molecular weight is 378 g/mol. The van der Waals surface area contributed by atoms with Crippen LogP contribution in [0.15, 0.2) is 67.3 Å². The van der Waals surface area contributed by atoms with Gasteiger partial charge in [0.25, 0.3) is 0 Å². The van der Waals surface area contributed by atoms with Gasteiger partial charge in [-0.15, -0.1) is 0 Å². The molecule has 2 N–H and O–H groups in total. The van der Waals surface area contributed by atoms with Crippen LogP contribution in [0.3, 0.4) is 0 Å². The van der Waals surface area contributed by atoms with E-state index in [0.717, 1.165) is 16.7 Å². The highest BCUT2D eigenvalue weighted by molar-refractivity contribution is 5.88. The molecule has 0 unspecified atom stereocenters. The molecule has 144 valence electrons. The molecule has 0 aromatic heterocycles. The van der Waals surface area contributed by atoms with Gasteiger partial charge in [0.15, 0.2) is 11.5 Å². The molecule has 3 aromatic carbocycles. The zero-order valence-electron chi connectivity index (χ0n) is 15.8. The van der Waals surface area contributed by atoms with Crippen molar-refractivity contribution in [2.75, 3.05) is 20.8 Å². The van der Waals surface area contributed by atoms with Crippen molar-refractivity contribution in [1.82, 2.24) is 0 Å². The van der Waals surface area contributed by atoms with Crippen LogP contribution in [0, 0.1) is 0 Å². The molecule has 5 heteroatoms. The first-order valence-electron chi connectivity index (χ1n) is 8.70. The van der Waals surface area contributed by atoms with Gasteiger partial charge in [0, 0.05) is 5.56 Å². The first-order chi connectivity index (χ1) is 13.6. The quantitative estimate of drug-likeness (QED) is 0.566. The maximum absolute atomic E-state index is 9.64. The van der Waals surface area contributed by atoms with E-state index in [-0.39, 0.29) is 18.1 Å². The predicted octanol–water partition coefficient (Wildman–Crippen LogP) is 5.01. The Morgan fingerprint density at radius 2 is 1.39 bits per heavy atom. The molecule has 0 heterocycles. The smallest absolute Gasteiger partial charge is 0.173 e. The maximum Gasteiger partial charge on any atom is 0.173 e. The monoisotopic (exact) mass is 378 g/mol. The Hall–Kier alpha value is -3.60. The Kier molecular flexibility index (Phi) is 5.75. The first-order valence-corrected chi connectivity index (χ1v) is 8.70. The summed E-state index contributed by atoms with van der Waals surface area (Å²) in [4.78, 5) is 0. The van der Waals surface area contributed by atoms with E-state index in [1.54, 1.807) is 68.8 Å². The van der Waals surface area contributed by atoms with Crippen LogP contribution in [0.2, 0.25) is 0 Å². The number of aromatic hydroxyl groups is 2. The summed E-state index contributed by atoms with van der Waals surface area (Å²) in [5.41, 5.74) is 3.13. The molecular formula is C23H22O5. The number of benzene rings is 3. The number of hydrogen-bond acceptors (Lipinski definition) is 5. The van der Waals surface area contributed by atoms with E-state index in [1.165, 1.54) is 0 Å². The third kappa shape index (κ3) is 3.74. The van der Waals surface area contributed by atoms with Gasteiger partial charge in [-0.1, -0.05) is 36.9 Å². The molecule has 0 saturated carbocycles. The molecular weight excluding hydrogens is 356 g/mol. The van der Waals surface area contributed by atoms with Crippen LogP contribution in [0.4, 0.5) is 0 Å². The highest BCUT2D eigenvalue weighted by atomic mass is 16.5. The lowest BCUT2D eigenvalue weighted by atomic mass is 9.96. The molecule has 3 aromatic rings. The Balaban J connectivity index is 2.30. The molecule has 5 nitrogen and oxygen atoms in total. The fraction of sp³-hybridized carbons (Fsp3) is 0.130. The second-order valence-corrected chi connectivity index (χ2v) is 6.06. The minimum atomic E-state index is 0.170. The van der Waals surface area contributed by atoms with E-state index >= 15 is 0 Å². The van der Waals surface area contributed by atoms with Crippen LogP contribution < -0.4 is 14.2 Å². The first kappa shape index (κ1) is 19.2. The molecule has 0 saturated heterocycles. The van der Waals surface area contributed by atoms with Gasteiger partial charge in [-0.2, -0.15) is 0 Å². The highest BCUT2D eigenvalue weighted by Gasteiger charge is 2.23. The number of phenolic OH excluding ortho intramolecular Hbond substituents is 2. The van der Waals surface area contributed by atoms with Crippen LogP contribution in [0.5, 0.6) is 28.7 Å². The van der Waals surface area contributed by atoms with Crippen LogP contribution in [-0.2, 0) is 0 Å². The molecule has 0 aliphatic carbocycles. The highest BCUT2D eigenvalue weighted by Crippen LogP contribution is 2.50. The Bertz CT molecular complexity index is 960. The molecule has 0 amide bonds. The summed E-state index contributed by atoms with van der Waals surface area (Å²) in [5, 5.41) is 19.2. The van der Waals surface area contributed by atoms with E-state index in [1.807, 2.05) is 6.07 Å². The molecule has 0 aliphatic rings. The van der Waals surface area contributed by atoms with Gasteiger partial charge in [-0.25, -0.2) is 0 Å². The summed E-state index contributed by atoms with van der Waals surface area (Å²) in [6.45, 7) is 4.00. The van der Waals surface area contributed by atoms with Gasteiger partial charge < -0.3 is 24.4 Å². The molecule has 28 heavy (non-hydrogen) atoms. The largest absolute Gasteiger partial charge is 0.508 e. The van der Waals surface area contributed by atoms with Crippen molar-refractivity contribution in [1.29, 1.82) is 0 Å². The maximum atomic E-state index is 9.64. The summed E-state index contributed by atoms with van der Waals surface area (Å²) in [6.07, 6.45) is 1.65. The second-order valence-electron chi connectivity index (χ2n) is 6.06. The normalized spacial score (nSPS) is 10.4. The zero-order chi connectivity index (χ0) is 20.1. The number of rotatable bonds is 7. The van der Waals surface area contributed by atoms with Crippen molar-refractivity contribution >= 4 is 0 Å². The van der Waals surface area contributed by atoms with Gasteiger partial charge in [0.05, 0.1) is 19.8 Å². The van der Waals surface area contributed by atoms with Gasteiger partial charge >= 0.3 is 0 Å². The fourth-order valence-corrected chi connectivity index (χ4v) is 3.02. The summed E-state index contributed by atoms with van der Waals surface area (Å²) in [7, 11) is 3.16. The van der Waals surface area contributed by atoms with E-state index in [9.17, 15) is 10.2 Å². The predicted molar refractivity (Wildman–Crippen MR) is 109 cm³/mol. The number of phenols is 2. The Labute approximate surface area is 164 Å². The fourth-order valence-electron chi connectivity index (χ4n) is 3.02. The number of hydrogen-bond donors (Lipinski definition) is 2. The Morgan fingerprint density at radius 3 is 1.89 bits per heavy atom. The minimum absolute atomic E-state index is 0.170. The lowest BCUT2D eigenvalue weighted by molar-refractivity contribution is 0.325. The molecule has 0 atom stereocenters. The number of ether oxygens (including phenoxy) is 3. The minimum Gasteiger partial charge on any atom is -0.508 e. The summed E-state index contributed by atoms with van der Waals surface area (Å²) in [6, 6.07) is 15.5. The van der Waals surface area contributed by atoms with Crippen LogP contribution in [0.25, 0.3) is 22.3 Å². The third-order valence-electron chi connectivity index (χ3n) is 4.30. The van der Waals surface area contributed by atoms with E-state index in [2.05, 4.69) is 6.58 Å². The third-order valence-corrected chi connectivity index (χ3v) is 4.30. The van der Waals surface area contributed by atoms with E-state index < -0.39 is 0 Å². The zero-order valence-corrected chi connectivity index (χ0v) is 15.8. The molecule has 0 aliphatic heterocycles. The molecule has 0 radical (unpaired) electrons. The topological polar surface area (TPSA) is 68.2 Å². The Morgan fingerprint density at radius 1 is 0.821 bits per heavy atom. The van der Waals surface area contributed by atoms with Gasteiger partial charge in [0.2, 0.25) is 0 Å². The molecule has 0 spiro atoms. The summed E-state index contributed by atoms with van der Waals surface area (Å²) in [5.74, 6) is 1.99. The molecule has 0 fully saturated rings. The van der Waals surface area contributed by atoms with Crippen molar-refractivity contribution in [3.63, 3.8) is 0 Å². The lowest BCUT2D eigenvalue weighted by Gasteiger charge is -2.21. The lowest BCUT2D eigenvalue weighted by Crippen LogP contribution is -2.02. The average Bonchev–Trinajstić information content (AvgIpc) is 2.72. The van der Waals surface area contributed by atoms with Crippen molar-refractivity contribution in [3.05, 3.63) is 67.3 Å². The SMILES string of the molecule is C=CCOc1c(OC)c(-c2ccc(O)cc2)cc(OC)c1-c1ccc(O)cc1. The molecule has 3 rings (SSSR count). The van der Waals surface area contributed by atoms with Crippen molar-refractivity contribution in [2.45, 2.75) is 0 Å². The van der Waals surface area contributed by atoms with Gasteiger partial charge in [0.1, 0.15) is 23.9 Å². The standard InChI is InChI=1S/C23H22O5/c1-4-13-28-23-21(16-7-11-18(25)12-8-16)20(26-2)14-19(22(23)27-3)15-5-9-17(24)10-6-15/h4-12,14,24-25H,1,13H2,2-3H3. The van der Waals surface area contributed by atoms with Gasteiger partial charge in [-0.3, -0.25) is 0 Å². The molecule has 0 bridgehead atoms. The van der Waals surface area contributed by atoms with E-state index in [4.69, 9.17) is 14.2 Å². The second kappa shape index (κ2) is 8.39. The van der Waals surface area contributed by atoms with Crippen LogP contribution in [0.1, 0.15) is 0 Å². The van der Waals surface area contributed by atoms with Crippen molar-refractivity contribution in [3.8, 4) is 51.0 Å². The van der Waals surface area contributed by atoms with Gasteiger partial charge in [-0.05, 0) is 41.5 Å². The number of methoxy groups -OCH3 is 2. The van der Waals surface area contributed by atoms with Crippen molar-refractivity contribution in [2.24, 2.45) is 0 Å². The summed E-state index contributed by atoms with van der Waals surface area (Å²) >= 11 is 0. The van der Waals surface area contributed by atoms with Crippen LogP contribution in [-0.4, -0.2) is 31.0 Å². The van der Waals surface area contributed by atoms with E-state index in [0.29, 0.717) is 22.8 Å². The van der Waals surface area contributed by atoms with Crippen molar-refractivity contribution < 1.29 is 24.4 Å². The van der Waals surface area contributed by atoms with Crippen LogP contribution >= 0.6 is 0 Å².